The third kappa shape index (κ3) is 4.83. The van der Waals surface area contributed by atoms with Gasteiger partial charge in [-0.1, -0.05) is 17.7 Å². The standard InChI is InChI=1S/C20H16BrClN2O4S/c1-10-3-4-13(5-11(10)2)23-17(25)9-24-19(27)16(29-20(24)28)8-12-6-14(21)18(26)15(22)7-12/h3-8,26H,9H2,1-2H3,(H,23,25)/b16-8+. The molecule has 1 saturated heterocycles. The lowest BCUT2D eigenvalue weighted by Gasteiger charge is -2.13. The number of benzene rings is 2. The smallest absolute Gasteiger partial charge is 0.294 e. The van der Waals surface area contributed by atoms with Crippen LogP contribution in [0, 0.1) is 13.8 Å². The second kappa shape index (κ2) is 8.61. The van der Waals surface area contributed by atoms with Crippen LogP contribution in [0.15, 0.2) is 39.7 Å². The average Bonchev–Trinajstić information content (AvgIpc) is 2.90. The molecule has 150 valence electrons. The highest BCUT2D eigenvalue weighted by Crippen LogP contribution is 2.36. The second-order valence-electron chi connectivity index (χ2n) is 6.45. The van der Waals surface area contributed by atoms with Gasteiger partial charge in [0.05, 0.1) is 14.4 Å². The fourth-order valence-corrected chi connectivity index (χ4v) is 4.28. The maximum absolute atomic E-state index is 12.6. The average molecular weight is 496 g/mol. The summed E-state index contributed by atoms with van der Waals surface area (Å²) >= 11 is 9.85. The Balaban J connectivity index is 1.73. The molecule has 1 aliphatic heterocycles. The number of amides is 3. The zero-order chi connectivity index (χ0) is 21.3. The molecule has 1 fully saturated rings. The topological polar surface area (TPSA) is 86.7 Å². The van der Waals surface area contributed by atoms with Crippen molar-refractivity contribution in [3.63, 3.8) is 0 Å². The Morgan fingerprint density at radius 2 is 1.97 bits per heavy atom. The number of nitrogens with zero attached hydrogens (tertiary/aromatic N) is 1. The van der Waals surface area contributed by atoms with E-state index in [1.54, 1.807) is 12.1 Å². The normalized spacial score (nSPS) is 15.3. The van der Waals surface area contributed by atoms with Gasteiger partial charge in [0.2, 0.25) is 5.91 Å². The van der Waals surface area contributed by atoms with E-state index in [1.165, 1.54) is 12.1 Å². The van der Waals surface area contributed by atoms with Crippen LogP contribution in [-0.4, -0.2) is 33.6 Å². The zero-order valence-corrected chi connectivity index (χ0v) is 18.6. The fourth-order valence-electron chi connectivity index (χ4n) is 2.62. The van der Waals surface area contributed by atoms with Gasteiger partial charge < -0.3 is 10.4 Å². The minimum atomic E-state index is -0.560. The molecule has 6 nitrogen and oxygen atoms in total. The molecule has 1 aliphatic rings. The van der Waals surface area contributed by atoms with Gasteiger partial charge in [-0.25, -0.2) is 0 Å². The molecule has 0 saturated carbocycles. The van der Waals surface area contributed by atoms with Crippen molar-refractivity contribution >= 4 is 68.1 Å². The quantitative estimate of drug-likeness (QED) is 0.576. The van der Waals surface area contributed by atoms with E-state index in [0.717, 1.165) is 27.8 Å². The lowest BCUT2D eigenvalue weighted by Crippen LogP contribution is -2.36. The van der Waals surface area contributed by atoms with Crippen molar-refractivity contribution in [1.29, 1.82) is 0 Å². The molecule has 29 heavy (non-hydrogen) atoms. The van der Waals surface area contributed by atoms with E-state index >= 15 is 0 Å². The van der Waals surface area contributed by atoms with Crippen molar-refractivity contribution in [3.8, 4) is 5.75 Å². The lowest BCUT2D eigenvalue weighted by molar-refractivity contribution is -0.127. The van der Waals surface area contributed by atoms with Crippen LogP contribution in [0.25, 0.3) is 6.08 Å². The van der Waals surface area contributed by atoms with Crippen LogP contribution in [0.3, 0.4) is 0 Å². The van der Waals surface area contributed by atoms with Crippen molar-refractivity contribution in [3.05, 3.63) is 61.4 Å². The molecule has 0 atom stereocenters. The highest BCUT2D eigenvalue weighted by atomic mass is 79.9. The molecule has 0 spiro atoms. The van der Waals surface area contributed by atoms with E-state index in [1.807, 2.05) is 26.0 Å². The van der Waals surface area contributed by atoms with Crippen molar-refractivity contribution in [2.45, 2.75) is 13.8 Å². The summed E-state index contributed by atoms with van der Waals surface area (Å²) in [7, 11) is 0. The van der Waals surface area contributed by atoms with Gasteiger partial charge in [-0.05, 0) is 88.6 Å². The minimum Gasteiger partial charge on any atom is -0.505 e. The van der Waals surface area contributed by atoms with Gasteiger partial charge in [0.25, 0.3) is 11.1 Å². The summed E-state index contributed by atoms with van der Waals surface area (Å²) in [5.41, 5.74) is 3.25. The largest absolute Gasteiger partial charge is 0.505 e. The van der Waals surface area contributed by atoms with Crippen LogP contribution in [0.2, 0.25) is 5.02 Å². The molecule has 0 bridgehead atoms. The first kappa shape index (κ1) is 21.4. The number of aryl methyl sites for hydroxylation is 2. The summed E-state index contributed by atoms with van der Waals surface area (Å²) in [5.74, 6) is -1.14. The second-order valence-corrected chi connectivity index (χ2v) is 8.70. The van der Waals surface area contributed by atoms with Gasteiger partial charge in [0.15, 0.2) is 0 Å². The maximum Gasteiger partial charge on any atom is 0.294 e. The van der Waals surface area contributed by atoms with E-state index in [9.17, 15) is 19.5 Å². The van der Waals surface area contributed by atoms with Crippen LogP contribution in [0.4, 0.5) is 10.5 Å². The molecule has 9 heteroatoms. The van der Waals surface area contributed by atoms with E-state index < -0.39 is 17.1 Å². The van der Waals surface area contributed by atoms with Gasteiger partial charge in [0.1, 0.15) is 12.3 Å². The van der Waals surface area contributed by atoms with E-state index in [4.69, 9.17) is 11.6 Å². The molecular formula is C20H16BrClN2O4S. The Morgan fingerprint density at radius 1 is 1.24 bits per heavy atom. The lowest BCUT2D eigenvalue weighted by atomic mass is 10.1. The molecule has 2 aromatic carbocycles. The first-order valence-corrected chi connectivity index (χ1v) is 10.4. The number of imide groups is 1. The van der Waals surface area contributed by atoms with Gasteiger partial charge in [0, 0.05) is 5.69 Å². The van der Waals surface area contributed by atoms with Gasteiger partial charge >= 0.3 is 0 Å². The third-order valence-electron chi connectivity index (χ3n) is 4.30. The van der Waals surface area contributed by atoms with Crippen molar-refractivity contribution in [2.75, 3.05) is 11.9 Å². The molecule has 0 aliphatic carbocycles. The number of rotatable bonds is 4. The highest BCUT2D eigenvalue weighted by Gasteiger charge is 2.36. The number of carbonyl (C=O) groups excluding carboxylic acids is 3. The molecule has 1 heterocycles. The summed E-state index contributed by atoms with van der Waals surface area (Å²) in [6.07, 6.45) is 1.49. The molecule has 0 radical (unpaired) electrons. The number of nitrogens with one attached hydrogen (secondary N) is 1. The zero-order valence-electron chi connectivity index (χ0n) is 15.5. The summed E-state index contributed by atoms with van der Waals surface area (Å²) < 4.78 is 0.364. The summed E-state index contributed by atoms with van der Waals surface area (Å²) in [6, 6.07) is 8.52. The monoisotopic (exact) mass is 494 g/mol. The Morgan fingerprint density at radius 3 is 2.62 bits per heavy atom. The number of carbonyl (C=O) groups is 3. The first-order valence-electron chi connectivity index (χ1n) is 8.46. The maximum atomic E-state index is 12.6. The van der Waals surface area contributed by atoms with Gasteiger partial charge in [-0.15, -0.1) is 0 Å². The first-order chi connectivity index (χ1) is 13.7. The fraction of sp³-hybridized carbons (Fsp3) is 0.150. The third-order valence-corrected chi connectivity index (χ3v) is 6.10. The number of phenolic OH excluding ortho intramolecular Hbond substituents is 1. The molecule has 0 aromatic heterocycles. The number of hydrogen-bond donors (Lipinski definition) is 2. The Kier molecular flexibility index (Phi) is 6.36. The van der Waals surface area contributed by atoms with E-state index in [-0.39, 0.29) is 22.2 Å². The minimum absolute atomic E-state index is 0.109. The van der Waals surface area contributed by atoms with Gasteiger partial charge in [-0.3, -0.25) is 19.3 Å². The summed E-state index contributed by atoms with van der Waals surface area (Å²) in [6.45, 7) is 3.52. The molecule has 3 amide bonds. The Bertz CT molecular complexity index is 1050. The van der Waals surface area contributed by atoms with Crippen molar-refractivity contribution in [2.24, 2.45) is 0 Å². The number of phenols is 1. The number of thioether (sulfide) groups is 1. The summed E-state index contributed by atoms with van der Waals surface area (Å²) in [5, 5.41) is 12.0. The van der Waals surface area contributed by atoms with E-state index in [0.29, 0.717) is 15.7 Å². The van der Waals surface area contributed by atoms with E-state index in [2.05, 4.69) is 21.2 Å². The van der Waals surface area contributed by atoms with Crippen LogP contribution in [-0.2, 0) is 9.59 Å². The number of anilines is 1. The highest BCUT2D eigenvalue weighted by molar-refractivity contribution is 9.10. The van der Waals surface area contributed by atoms with Crippen LogP contribution < -0.4 is 5.32 Å². The Labute approximate surface area is 185 Å². The molecule has 2 aromatic rings. The molecule has 3 rings (SSSR count). The van der Waals surface area contributed by atoms with Crippen LogP contribution in [0.1, 0.15) is 16.7 Å². The van der Waals surface area contributed by atoms with Gasteiger partial charge in [-0.2, -0.15) is 0 Å². The van der Waals surface area contributed by atoms with Crippen molar-refractivity contribution < 1.29 is 19.5 Å². The predicted octanol–water partition coefficient (Wildman–Crippen LogP) is 5.10. The Hall–Kier alpha value is -2.29. The van der Waals surface area contributed by atoms with Crippen molar-refractivity contribution in [1.82, 2.24) is 4.90 Å². The summed E-state index contributed by atoms with van der Waals surface area (Å²) in [4.78, 5) is 38.2. The number of aromatic hydroxyl groups is 1. The van der Waals surface area contributed by atoms with Crippen LogP contribution in [0.5, 0.6) is 5.75 Å². The molecule has 2 N–H and O–H groups in total. The SMILES string of the molecule is Cc1ccc(NC(=O)CN2C(=O)S/C(=C/c3cc(Cl)c(O)c(Br)c3)C2=O)cc1C. The number of hydrogen-bond acceptors (Lipinski definition) is 5. The molecule has 0 unspecified atom stereocenters. The predicted molar refractivity (Wildman–Crippen MR) is 118 cm³/mol. The number of halogens is 2. The van der Waals surface area contributed by atoms with Crippen LogP contribution >= 0.6 is 39.3 Å². The molecular weight excluding hydrogens is 480 g/mol.